The Kier molecular flexibility index (Phi) is 4.02. The van der Waals surface area contributed by atoms with Gasteiger partial charge in [-0.1, -0.05) is 30.0 Å². The van der Waals surface area contributed by atoms with Crippen molar-refractivity contribution in [2.24, 2.45) is 10.2 Å². The van der Waals surface area contributed by atoms with E-state index in [-0.39, 0.29) is 17.5 Å². The Morgan fingerprint density at radius 2 is 1.92 bits per heavy atom. The highest BCUT2D eigenvalue weighted by molar-refractivity contribution is 8.15. The molecule has 1 saturated heterocycles. The highest BCUT2D eigenvalue weighted by Gasteiger charge is 2.29. The molecule has 7 nitrogen and oxygen atoms in total. The number of anilines is 1. The van der Waals surface area contributed by atoms with Crippen molar-refractivity contribution in [2.45, 2.75) is 6.54 Å². The number of pyridine rings is 1. The Balaban J connectivity index is 1.62. The van der Waals surface area contributed by atoms with Crippen LogP contribution in [0.15, 0.2) is 59.0 Å². The summed E-state index contributed by atoms with van der Waals surface area (Å²) >= 11 is 1.32. The normalized spacial score (nSPS) is 19.6. The van der Waals surface area contributed by atoms with Crippen molar-refractivity contribution in [1.82, 2.24) is 9.88 Å². The number of carbonyl (C=O) groups is 2. The van der Waals surface area contributed by atoms with E-state index in [4.69, 9.17) is 0 Å². The summed E-state index contributed by atoms with van der Waals surface area (Å²) in [5.41, 5.74) is 2.64. The average molecular weight is 351 g/mol. The van der Waals surface area contributed by atoms with Crippen molar-refractivity contribution in [3.8, 4) is 0 Å². The minimum atomic E-state index is -0.291. The second kappa shape index (κ2) is 6.48. The van der Waals surface area contributed by atoms with E-state index in [1.807, 2.05) is 36.4 Å². The van der Waals surface area contributed by atoms with Gasteiger partial charge in [0.25, 0.3) is 5.91 Å². The molecule has 124 valence electrons. The lowest BCUT2D eigenvalue weighted by atomic mass is 10.1. The molecule has 0 bridgehead atoms. The SMILES string of the molecule is O=C1Nc2ccccc2/C1=N/N=C1/SCC(=O)N1Cc1ccncc1. The highest BCUT2D eigenvalue weighted by Crippen LogP contribution is 2.25. The predicted molar refractivity (Wildman–Crippen MR) is 96.3 cm³/mol. The van der Waals surface area contributed by atoms with Crippen LogP contribution in [0.4, 0.5) is 5.69 Å². The highest BCUT2D eigenvalue weighted by atomic mass is 32.2. The van der Waals surface area contributed by atoms with Gasteiger partial charge in [0, 0.05) is 18.0 Å². The molecule has 1 aromatic heterocycles. The van der Waals surface area contributed by atoms with Crippen molar-refractivity contribution in [2.75, 3.05) is 11.1 Å². The molecule has 2 aliphatic heterocycles. The first-order valence-corrected chi connectivity index (χ1v) is 8.59. The molecule has 0 saturated carbocycles. The molecule has 25 heavy (non-hydrogen) atoms. The molecule has 2 aliphatic rings. The second-order valence-corrected chi connectivity index (χ2v) is 6.40. The summed E-state index contributed by atoms with van der Waals surface area (Å²) < 4.78 is 0. The third kappa shape index (κ3) is 3.03. The minimum Gasteiger partial charge on any atom is -0.320 e. The molecular weight excluding hydrogens is 338 g/mol. The van der Waals surface area contributed by atoms with E-state index < -0.39 is 0 Å². The number of nitrogens with zero attached hydrogens (tertiary/aromatic N) is 4. The van der Waals surface area contributed by atoms with Gasteiger partial charge in [-0.05, 0) is 23.8 Å². The van der Waals surface area contributed by atoms with Crippen LogP contribution in [0, 0.1) is 0 Å². The molecule has 8 heteroatoms. The molecular formula is C17H13N5O2S. The number of amidine groups is 1. The monoisotopic (exact) mass is 351 g/mol. The van der Waals surface area contributed by atoms with E-state index in [1.54, 1.807) is 17.3 Å². The zero-order valence-electron chi connectivity index (χ0n) is 13.0. The Bertz CT molecular complexity index is 910. The lowest BCUT2D eigenvalue weighted by Gasteiger charge is -2.14. The van der Waals surface area contributed by atoms with Gasteiger partial charge in [0.05, 0.1) is 18.0 Å². The Labute approximate surface area is 147 Å². The Morgan fingerprint density at radius 1 is 1.12 bits per heavy atom. The molecule has 0 atom stereocenters. The fourth-order valence-corrected chi connectivity index (χ4v) is 3.42. The second-order valence-electron chi connectivity index (χ2n) is 5.45. The lowest BCUT2D eigenvalue weighted by Crippen LogP contribution is -2.29. The molecule has 1 aromatic carbocycles. The molecule has 2 aromatic rings. The number of amides is 2. The van der Waals surface area contributed by atoms with Crippen molar-refractivity contribution >= 4 is 40.1 Å². The van der Waals surface area contributed by atoms with Gasteiger partial charge < -0.3 is 5.32 Å². The number of benzene rings is 1. The number of para-hydroxylation sites is 1. The van der Waals surface area contributed by atoms with Gasteiger partial charge in [-0.15, -0.1) is 10.2 Å². The van der Waals surface area contributed by atoms with Gasteiger partial charge in [0.15, 0.2) is 10.9 Å². The Morgan fingerprint density at radius 3 is 2.76 bits per heavy atom. The number of hydrogen-bond donors (Lipinski definition) is 1. The molecule has 0 unspecified atom stereocenters. The number of fused-ring (bicyclic) bond motifs is 1. The molecule has 4 rings (SSSR count). The van der Waals surface area contributed by atoms with E-state index >= 15 is 0 Å². The zero-order chi connectivity index (χ0) is 17.2. The van der Waals surface area contributed by atoms with Gasteiger partial charge >= 0.3 is 0 Å². The van der Waals surface area contributed by atoms with Crippen LogP contribution in [-0.2, 0) is 16.1 Å². The van der Waals surface area contributed by atoms with E-state index in [0.717, 1.165) is 11.3 Å². The summed E-state index contributed by atoms with van der Waals surface area (Å²) in [5, 5.41) is 11.5. The summed E-state index contributed by atoms with van der Waals surface area (Å²) in [6.45, 7) is 0.404. The molecule has 3 heterocycles. The minimum absolute atomic E-state index is 0.0305. The van der Waals surface area contributed by atoms with Gasteiger partial charge in [0.1, 0.15) is 0 Å². The van der Waals surface area contributed by atoms with Crippen LogP contribution in [0.5, 0.6) is 0 Å². The molecule has 0 radical (unpaired) electrons. The number of hydrogen-bond acceptors (Lipinski definition) is 6. The molecule has 0 spiro atoms. The van der Waals surface area contributed by atoms with Gasteiger partial charge in [-0.3, -0.25) is 19.5 Å². The smallest absolute Gasteiger partial charge is 0.276 e. The predicted octanol–water partition coefficient (Wildman–Crippen LogP) is 1.87. The van der Waals surface area contributed by atoms with Crippen LogP contribution >= 0.6 is 11.8 Å². The molecule has 1 fully saturated rings. The van der Waals surface area contributed by atoms with Crippen LogP contribution in [0.3, 0.4) is 0 Å². The average Bonchev–Trinajstić information content (AvgIpc) is 3.14. The number of thioether (sulfide) groups is 1. The summed E-state index contributed by atoms with van der Waals surface area (Å²) in [4.78, 5) is 29.7. The standard InChI is InChI=1S/C17H13N5O2S/c23-14-10-25-17(22(14)9-11-5-7-18-8-6-11)21-20-15-12-3-1-2-4-13(12)19-16(15)24/h1-8H,9-10H2,(H,19,20,24)/b21-17+. The maximum Gasteiger partial charge on any atom is 0.276 e. The third-order valence-corrected chi connectivity index (χ3v) is 4.78. The molecule has 0 aliphatic carbocycles. The van der Waals surface area contributed by atoms with Crippen LogP contribution in [-0.4, -0.2) is 38.3 Å². The van der Waals surface area contributed by atoms with E-state index in [9.17, 15) is 9.59 Å². The maximum absolute atomic E-state index is 12.1. The van der Waals surface area contributed by atoms with Crippen LogP contribution in [0.2, 0.25) is 0 Å². The van der Waals surface area contributed by atoms with Crippen molar-refractivity contribution in [1.29, 1.82) is 0 Å². The fourth-order valence-electron chi connectivity index (χ4n) is 2.59. The number of carbonyl (C=O) groups excluding carboxylic acids is 2. The first-order valence-electron chi connectivity index (χ1n) is 7.61. The number of rotatable bonds is 3. The van der Waals surface area contributed by atoms with Gasteiger partial charge in [-0.25, -0.2) is 0 Å². The zero-order valence-corrected chi connectivity index (χ0v) is 13.9. The fraction of sp³-hybridized carbons (Fsp3) is 0.118. The van der Waals surface area contributed by atoms with Gasteiger partial charge in [0.2, 0.25) is 5.91 Å². The number of aromatic nitrogens is 1. The maximum atomic E-state index is 12.1. The summed E-state index contributed by atoms with van der Waals surface area (Å²) in [6, 6.07) is 11.0. The van der Waals surface area contributed by atoms with Crippen LogP contribution in [0.1, 0.15) is 11.1 Å². The van der Waals surface area contributed by atoms with Gasteiger partial charge in [-0.2, -0.15) is 0 Å². The summed E-state index contributed by atoms with van der Waals surface area (Å²) in [6.07, 6.45) is 3.36. The van der Waals surface area contributed by atoms with Crippen molar-refractivity contribution < 1.29 is 9.59 Å². The van der Waals surface area contributed by atoms with Crippen molar-refractivity contribution in [3.63, 3.8) is 0 Å². The van der Waals surface area contributed by atoms with Crippen LogP contribution < -0.4 is 5.32 Å². The van der Waals surface area contributed by atoms with Crippen molar-refractivity contribution in [3.05, 3.63) is 59.9 Å². The Hall–Kier alpha value is -3.00. The lowest BCUT2D eigenvalue weighted by molar-refractivity contribution is -0.124. The quantitative estimate of drug-likeness (QED) is 0.855. The van der Waals surface area contributed by atoms with E-state index in [1.165, 1.54) is 11.8 Å². The van der Waals surface area contributed by atoms with Crippen LogP contribution in [0.25, 0.3) is 0 Å². The van der Waals surface area contributed by atoms with E-state index in [2.05, 4.69) is 20.5 Å². The number of nitrogens with one attached hydrogen (secondary N) is 1. The summed E-state index contributed by atoms with van der Waals surface area (Å²) in [7, 11) is 0. The third-order valence-electron chi connectivity index (χ3n) is 3.83. The first kappa shape index (κ1) is 15.5. The topological polar surface area (TPSA) is 87.0 Å². The largest absolute Gasteiger partial charge is 0.320 e. The first-order chi connectivity index (χ1) is 12.2. The molecule has 2 amide bonds. The summed E-state index contributed by atoms with van der Waals surface area (Å²) in [5.74, 6) is -0.00466. The molecule has 1 N–H and O–H groups in total. The van der Waals surface area contributed by atoms with E-state index in [0.29, 0.717) is 23.0 Å².